The Labute approximate surface area is 159 Å². The Morgan fingerprint density at radius 1 is 1.38 bits per heavy atom. The molecule has 0 saturated carbocycles. The number of methoxy groups -OCH3 is 1. The summed E-state index contributed by atoms with van der Waals surface area (Å²) in [6.45, 7) is 5.26. The smallest absolute Gasteiger partial charge is 0.254 e. The number of nitrogens with zero attached hydrogens (tertiary/aromatic N) is 3. The lowest BCUT2D eigenvalue weighted by Crippen LogP contribution is -2.26. The van der Waals surface area contributed by atoms with Crippen LogP contribution in [0.2, 0.25) is 5.02 Å². The zero-order valence-corrected chi connectivity index (χ0v) is 16.7. The predicted molar refractivity (Wildman–Crippen MR) is 102 cm³/mol. The Hall–Kier alpha value is -2.21. The monoisotopic (exact) mass is 379 g/mol. The number of carbonyl (C=O) groups is 1. The second-order valence-corrected chi connectivity index (χ2v) is 7.11. The van der Waals surface area contributed by atoms with Gasteiger partial charge in [-0.25, -0.2) is 0 Å². The maximum Gasteiger partial charge on any atom is 0.254 e. The molecule has 142 valence electrons. The minimum Gasteiger partial charge on any atom is -0.493 e. The first-order valence-electron chi connectivity index (χ1n) is 8.55. The van der Waals surface area contributed by atoms with Gasteiger partial charge in [0.2, 0.25) is 0 Å². The van der Waals surface area contributed by atoms with E-state index in [4.69, 9.17) is 21.1 Å². The molecule has 1 aromatic carbocycles. The van der Waals surface area contributed by atoms with Gasteiger partial charge in [-0.3, -0.25) is 9.48 Å². The molecule has 0 bridgehead atoms. The van der Waals surface area contributed by atoms with Gasteiger partial charge in [0.1, 0.15) is 0 Å². The summed E-state index contributed by atoms with van der Waals surface area (Å²) >= 11 is 6.35. The number of rotatable bonds is 8. The lowest BCUT2D eigenvalue weighted by atomic mass is 10.1. The minimum absolute atomic E-state index is 0.150. The van der Waals surface area contributed by atoms with Crippen molar-refractivity contribution in [2.24, 2.45) is 13.0 Å². The molecule has 0 fully saturated rings. The highest BCUT2D eigenvalue weighted by Crippen LogP contribution is 2.37. The number of benzene rings is 1. The average molecular weight is 380 g/mol. The summed E-state index contributed by atoms with van der Waals surface area (Å²) in [6.07, 6.45) is 4.53. The largest absolute Gasteiger partial charge is 0.493 e. The Morgan fingerprint density at radius 2 is 2.12 bits per heavy atom. The number of carbonyl (C=O) groups excluding carboxylic acids is 1. The highest BCUT2D eigenvalue weighted by Gasteiger charge is 2.19. The molecular formula is C19H26ClN3O3. The summed E-state index contributed by atoms with van der Waals surface area (Å²) in [7, 11) is 5.12. The van der Waals surface area contributed by atoms with Crippen LogP contribution in [-0.4, -0.2) is 41.4 Å². The van der Waals surface area contributed by atoms with E-state index in [0.29, 0.717) is 41.2 Å². The van der Waals surface area contributed by atoms with Gasteiger partial charge in [0.25, 0.3) is 5.91 Å². The first-order chi connectivity index (χ1) is 12.3. The summed E-state index contributed by atoms with van der Waals surface area (Å²) in [6, 6.07) is 3.29. The van der Waals surface area contributed by atoms with Crippen LogP contribution in [0.3, 0.4) is 0 Å². The summed E-state index contributed by atoms with van der Waals surface area (Å²) in [5, 5.41) is 4.48. The fourth-order valence-electron chi connectivity index (χ4n) is 2.50. The van der Waals surface area contributed by atoms with Crippen LogP contribution in [0, 0.1) is 5.92 Å². The summed E-state index contributed by atoms with van der Waals surface area (Å²) in [5.41, 5.74) is 1.41. The normalized spacial score (nSPS) is 10.9. The van der Waals surface area contributed by atoms with E-state index in [9.17, 15) is 4.79 Å². The van der Waals surface area contributed by atoms with Gasteiger partial charge in [-0.2, -0.15) is 5.10 Å². The molecule has 6 nitrogen and oxygen atoms in total. The van der Waals surface area contributed by atoms with Crippen molar-refractivity contribution in [3.05, 3.63) is 40.7 Å². The average Bonchev–Trinajstić information content (AvgIpc) is 2.99. The van der Waals surface area contributed by atoms with Crippen molar-refractivity contribution in [3.8, 4) is 11.5 Å². The number of aryl methyl sites for hydroxylation is 1. The molecule has 2 rings (SSSR count). The van der Waals surface area contributed by atoms with E-state index in [1.165, 1.54) is 7.11 Å². The van der Waals surface area contributed by atoms with Gasteiger partial charge in [0.15, 0.2) is 11.5 Å². The Bertz CT molecular complexity index is 758. The molecule has 2 aromatic rings. The van der Waals surface area contributed by atoms with E-state index in [0.717, 1.165) is 12.0 Å². The van der Waals surface area contributed by atoms with Crippen LogP contribution >= 0.6 is 11.6 Å². The molecule has 0 aliphatic heterocycles. The first-order valence-corrected chi connectivity index (χ1v) is 8.93. The lowest BCUT2D eigenvalue weighted by Gasteiger charge is -2.19. The SMILES string of the molecule is COc1cc(C(=O)N(C)Cc2cnn(C)c2)cc(Cl)c1OCCC(C)C. The van der Waals surface area contributed by atoms with Crippen LogP contribution in [0.4, 0.5) is 0 Å². The van der Waals surface area contributed by atoms with Gasteiger partial charge < -0.3 is 14.4 Å². The van der Waals surface area contributed by atoms with Crippen molar-refractivity contribution in [1.29, 1.82) is 0 Å². The van der Waals surface area contributed by atoms with E-state index < -0.39 is 0 Å². The molecule has 0 unspecified atom stereocenters. The van der Waals surface area contributed by atoms with Gasteiger partial charge >= 0.3 is 0 Å². The standard InChI is InChI=1S/C19H26ClN3O3/c1-13(2)6-7-26-18-16(20)8-15(9-17(18)25-5)19(24)22(3)11-14-10-21-23(4)12-14/h8-10,12-13H,6-7,11H2,1-5H3. The minimum atomic E-state index is -0.150. The highest BCUT2D eigenvalue weighted by atomic mass is 35.5. The highest BCUT2D eigenvalue weighted by molar-refractivity contribution is 6.32. The second-order valence-electron chi connectivity index (χ2n) is 6.70. The molecule has 0 spiro atoms. The molecule has 26 heavy (non-hydrogen) atoms. The van der Waals surface area contributed by atoms with Crippen molar-refractivity contribution in [1.82, 2.24) is 14.7 Å². The first kappa shape index (κ1) is 20.1. The molecule has 7 heteroatoms. The fourth-order valence-corrected chi connectivity index (χ4v) is 2.76. The zero-order valence-electron chi connectivity index (χ0n) is 16.0. The van der Waals surface area contributed by atoms with E-state index >= 15 is 0 Å². The van der Waals surface area contributed by atoms with Gasteiger partial charge in [0, 0.05) is 38.0 Å². The van der Waals surface area contributed by atoms with E-state index in [1.807, 2.05) is 13.2 Å². The maximum absolute atomic E-state index is 12.7. The van der Waals surface area contributed by atoms with Crippen LogP contribution in [0.1, 0.15) is 36.2 Å². The van der Waals surface area contributed by atoms with E-state index in [-0.39, 0.29) is 5.91 Å². The molecule has 0 atom stereocenters. The van der Waals surface area contributed by atoms with E-state index in [2.05, 4.69) is 18.9 Å². The van der Waals surface area contributed by atoms with Gasteiger partial charge in [-0.1, -0.05) is 25.4 Å². The predicted octanol–water partition coefficient (Wildman–Crippen LogP) is 3.78. The third-order valence-corrected chi connectivity index (χ3v) is 4.22. The van der Waals surface area contributed by atoms with Crippen LogP contribution in [0.25, 0.3) is 0 Å². The number of halogens is 1. The van der Waals surface area contributed by atoms with Crippen molar-refractivity contribution in [2.45, 2.75) is 26.8 Å². The second kappa shape index (κ2) is 8.94. The molecule has 1 aromatic heterocycles. The molecule has 0 aliphatic carbocycles. The third kappa shape index (κ3) is 5.14. The van der Waals surface area contributed by atoms with Crippen molar-refractivity contribution < 1.29 is 14.3 Å². The van der Waals surface area contributed by atoms with Crippen LogP contribution in [-0.2, 0) is 13.6 Å². The summed E-state index contributed by atoms with van der Waals surface area (Å²) < 4.78 is 12.9. The Morgan fingerprint density at radius 3 is 2.69 bits per heavy atom. The molecule has 1 amide bonds. The number of aromatic nitrogens is 2. The Kier molecular flexibility index (Phi) is 6.91. The van der Waals surface area contributed by atoms with Crippen molar-refractivity contribution >= 4 is 17.5 Å². The topological polar surface area (TPSA) is 56.6 Å². The van der Waals surface area contributed by atoms with Gasteiger partial charge in [0.05, 0.1) is 24.9 Å². The quantitative estimate of drug-likeness (QED) is 0.700. The molecular weight excluding hydrogens is 354 g/mol. The fraction of sp³-hybridized carbons (Fsp3) is 0.474. The zero-order chi connectivity index (χ0) is 19.3. The van der Waals surface area contributed by atoms with Gasteiger partial charge in [-0.05, 0) is 24.5 Å². The van der Waals surface area contributed by atoms with Crippen molar-refractivity contribution in [2.75, 3.05) is 20.8 Å². The maximum atomic E-state index is 12.7. The molecule has 0 radical (unpaired) electrons. The summed E-state index contributed by atoms with van der Waals surface area (Å²) in [5.74, 6) is 1.31. The van der Waals surface area contributed by atoms with Crippen molar-refractivity contribution in [3.63, 3.8) is 0 Å². The lowest BCUT2D eigenvalue weighted by molar-refractivity contribution is 0.0784. The molecule has 0 saturated heterocycles. The van der Waals surface area contributed by atoms with Gasteiger partial charge in [-0.15, -0.1) is 0 Å². The molecule has 1 heterocycles. The van der Waals surface area contributed by atoms with E-state index in [1.54, 1.807) is 35.0 Å². The Balaban J connectivity index is 2.15. The number of ether oxygens (including phenoxy) is 2. The molecule has 0 aliphatic rings. The van der Waals surface area contributed by atoms with Crippen LogP contribution in [0.15, 0.2) is 24.5 Å². The number of amides is 1. The third-order valence-electron chi connectivity index (χ3n) is 3.94. The van der Waals surface area contributed by atoms with Crippen LogP contribution < -0.4 is 9.47 Å². The molecule has 0 N–H and O–H groups in total. The summed E-state index contributed by atoms with van der Waals surface area (Å²) in [4.78, 5) is 14.3. The van der Waals surface area contributed by atoms with Crippen LogP contribution in [0.5, 0.6) is 11.5 Å². The number of hydrogen-bond donors (Lipinski definition) is 0. The number of hydrogen-bond acceptors (Lipinski definition) is 4.